The molecule has 116 valence electrons. The van der Waals surface area contributed by atoms with Crippen molar-refractivity contribution >= 4 is 29.4 Å². The van der Waals surface area contributed by atoms with Gasteiger partial charge in [0.15, 0.2) is 5.82 Å². The molecule has 2 rings (SSSR count). The van der Waals surface area contributed by atoms with Crippen molar-refractivity contribution in [3.05, 3.63) is 11.8 Å². The third kappa shape index (κ3) is 5.05. The molecule has 1 saturated heterocycles. The van der Waals surface area contributed by atoms with Gasteiger partial charge in [-0.2, -0.15) is 0 Å². The Bertz CT molecular complexity index is 505. The lowest BCUT2D eigenvalue weighted by atomic mass is 10.1. The molecule has 1 aliphatic rings. The zero-order valence-corrected chi connectivity index (χ0v) is 12.8. The number of aryl methyl sites for hydroxylation is 1. The molecule has 1 unspecified atom stereocenters. The largest absolute Gasteiger partial charge is 0.360 e. The number of anilines is 1. The summed E-state index contributed by atoms with van der Waals surface area (Å²) in [4.78, 5) is 25.4. The number of aromatic nitrogens is 1. The highest BCUT2D eigenvalue weighted by atomic mass is 32.2. The van der Waals surface area contributed by atoms with Crippen LogP contribution in [-0.4, -0.2) is 52.5 Å². The first-order valence-electron chi connectivity index (χ1n) is 6.89. The molecule has 2 amide bonds. The van der Waals surface area contributed by atoms with Crippen molar-refractivity contribution in [1.29, 1.82) is 0 Å². The zero-order chi connectivity index (χ0) is 15.2. The van der Waals surface area contributed by atoms with Crippen molar-refractivity contribution < 1.29 is 14.1 Å². The Morgan fingerprint density at radius 2 is 2.38 bits per heavy atom. The standard InChI is InChI=1S/C13H20N4O3S/c1-9-5-11(16-20-9)15-12(18)7-21-8-13(19)17-4-2-3-10(14)6-17/h5,10H,2-4,6-8,14H2,1H3,(H,15,16,18). The molecular formula is C13H20N4O3S. The van der Waals surface area contributed by atoms with E-state index < -0.39 is 0 Å². The SMILES string of the molecule is Cc1cc(NC(=O)CSCC(=O)N2CCCC(N)C2)no1. The van der Waals surface area contributed by atoms with Crippen LogP contribution < -0.4 is 11.1 Å². The van der Waals surface area contributed by atoms with E-state index in [2.05, 4.69) is 10.5 Å². The molecule has 7 nitrogen and oxygen atoms in total. The minimum atomic E-state index is -0.198. The van der Waals surface area contributed by atoms with Crippen molar-refractivity contribution in [1.82, 2.24) is 10.1 Å². The van der Waals surface area contributed by atoms with Crippen molar-refractivity contribution in [3.63, 3.8) is 0 Å². The molecule has 0 aliphatic carbocycles. The number of rotatable bonds is 5. The number of amides is 2. The molecule has 0 saturated carbocycles. The third-order valence-electron chi connectivity index (χ3n) is 3.16. The molecule has 0 bridgehead atoms. The van der Waals surface area contributed by atoms with Crippen LogP contribution in [0.25, 0.3) is 0 Å². The molecule has 1 aromatic rings. The van der Waals surface area contributed by atoms with Gasteiger partial charge in [-0.3, -0.25) is 9.59 Å². The summed E-state index contributed by atoms with van der Waals surface area (Å²) in [6.07, 6.45) is 1.92. The molecular weight excluding hydrogens is 292 g/mol. The van der Waals surface area contributed by atoms with Crippen LogP contribution in [0.2, 0.25) is 0 Å². The fourth-order valence-corrected chi connectivity index (χ4v) is 2.88. The van der Waals surface area contributed by atoms with Crippen LogP contribution in [0.4, 0.5) is 5.82 Å². The molecule has 3 N–H and O–H groups in total. The summed E-state index contributed by atoms with van der Waals surface area (Å²) in [5, 5.41) is 6.29. The minimum absolute atomic E-state index is 0.0419. The van der Waals surface area contributed by atoms with E-state index in [0.29, 0.717) is 18.1 Å². The summed E-state index contributed by atoms with van der Waals surface area (Å²) in [5.74, 6) is 1.37. The number of hydrogen-bond acceptors (Lipinski definition) is 6. The Balaban J connectivity index is 1.66. The number of likely N-dealkylation sites (tertiary alicyclic amines) is 1. The highest BCUT2D eigenvalue weighted by molar-refractivity contribution is 8.00. The topological polar surface area (TPSA) is 101 Å². The van der Waals surface area contributed by atoms with E-state index in [-0.39, 0.29) is 29.4 Å². The smallest absolute Gasteiger partial charge is 0.235 e. The minimum Gasteiger partial charge on any atom is -0.360 e. The first-order chi connectivity index (χ1) is 10.0. The Morgan fingerprint density at radius 1 is 1.57 bits per heavy atom. The number of nitrogens with two attached hydrogens (primary N) is 1. The number of thioether (sulfide) groups is 1. The Labute approximate surface area is 127 Å². The fourth-order valence-electron chi connectivity index (χ4n) is 2.16. The fraction of sp³-hybridized carbons (Fsp3) is 0.615. The van der Waals surface area contributed by atoms with Crippen LogP contribution in [0.5, 0.6) is 0 Å². The van der Waals surface area contributed by atoms with Crippen LogP contribution in [0.3, 0.4) is 0 Å². The maximum atomic E-state index is 12.0. The molecule has 1 aromatic heterocycles. The number of carbonyl (C=O) groups excluding carboxylic acids is 2. The first-order valence-corrected chi connectivity index (χ1v) is 8.04. The molecule has 1 fully saturated rings. The number of nitrogens with zero attached hydrogens (tertiary/aromatic N) is 2. The van der Waals surface area contributed by atoms with E-state index in [9.17, 15) is 9.59 Å². The van der Waals surface area contributed by atoms with Gasteiger partial charge < -0.3 is 20.5 Å². The summed E-state index contributed by atoms with van der Waals surface area (Å²) in [5.41, 5.74) is 5.85. The third-order valence-corrected chi connectivity index (χ3v) is 4.08. The predicted octanol–water partition coefficient (Wildman–Crippen LogP) is 0.604. The Hall–Kier alpha value is -1.54. The molecule has 8 heteroatoms. The van der Waals surface area contributed by atoms with E-state index in [1.807, 2.05) is 0 Å². The van der Waals surface area contributed by atoms with E-state index in [1.165, 1.54) is 11.8 Å². The van der Waals surface area contributed by atoms with Gasteiger partial charge in [-0.25, -0.2) is 0 Å². The van der Waals surface area contributed by atoms with Gasteiger partial charge in [-0.15, -0.1) is 11.8 Å². The van der Waals surface area contributed by atoms with Crippen LogP contribution in [0.1, 0.15) is 18.6 Å². The molecule has 0 spiro atoms. The van der Waals surface area contributed by atoms with Gasteiger partial charge in [0.25, 0.3) is 0 Å². The molecule has 0 aromatic carbocycles. The van der Waals surface area contributed by atoms with Gasteiger partial charge >= 0.3 is 0 Å². The lowest BCUT2D eigenvalue weighted by molar-refractivity contribution is -0.129. The number of carbonyl (C=O) groups is 2. The number of hydrogen-bond donors (Lipinski definition) is 2. The van der Waals surface area contributed by atoms with Crippen molar-refractivity contribution in [2.24, 2.45) is 5.73 Å². The van der Waals surface area contributed by atoms with E-state index in [1.54, 1.807) is 17.9 Å². The Kier molecular flexibility index (Phi) is 5.63. The molecule has 21 heavy (non-hydrogen) atoms. The zero-order valence-electron chi connectivity index (χ0n) is 12.0. The van der Waals surface area contributed by atoms with Gasteiger partial charge in [-0.05, 0) is 19.8 Å². The number of nitrogens with one attached hydrogen (secondary N) is 1. The second-order valence-electron chi connectivity index (χ2n) is 5.11. The van der Waals surface area contributed by atoms with Crippen molar-refractivity contribution in [3.8, 4) is 0 Å². The average Bonchev–Trinajstić information content (AvgIpc) is 2.84. The quantitative estimate of drug-likeness (QED) is 0.826. The van der Waals surface area contributed by atoms with Crippen molar-refractivity contribution in [2.45, 2.75) is 25.8 Å². The summed E-state index contributed by atoms with van der Waals surface area (Å²) < 4.78 is 4.85. The van der Waals surface area contributed by atoms with Crippen LogP contribution in [-0.2, 0) is 9.59 Å². The van der Waals surface area contributed by atoms with Crippen LogP contribution >= 0.6 is 11.8 Å². The Morgan fingerprint density at radius 3 is 3.05 bits per heavy atom. The van der Waals surface area contributed by atoms with E-state index in [0.717, 1.165) is 19.4 Å². The van der Waals surface area contributed by atoms with Gasteiger partial charge in [-0.1, -0.05) is 5.16 Å². The summed E-state index contributed by atoms with van der Waals surface area (Å²) >= 11 is 1.29. The lowest BCUT2D eigenvalue weighted by Gasteiger charge is -2.30. The molecule has 0 radical (unpaired) electrons. The normalized spacial score (nSPS) is 18.6. The monoisotopic (exact) mass is 312 g/mol. The number of piperidine rings is 1. The first kappa shape index (κ1) is 15.8. The summed E-state index contributed by atoms with van der Waals surface area (Å²) in [6.45, 7) is 3.13. The van der Waals surface area contributed by atoms with Crippen molar-refractivity contribution in [2.75, 3.05) is 29.9 Å². The molecule has 1 aliphatic heterocycles. The maximum Gasteiger partial charge on any atom is 0.235 e. The molecule has 1 atom stereocenters. The molecule has 2 heterocycles. The second kappa shape index (κ2) is 7.46. The van der Waals surface area contributed by atoms with Gasteiger partial charge in [0.1, 0.15) is 5.76 Å². The highest BCUT2D eigenvalue weighted by Crippen LogP contribution is 2.12. The van der Waals surface area contributed by atoms with Gasteiger partial charge in [0, 0.05) is 25.2 Å². The van der Waals surface area contributed by atoms with E-state index in [4.69, 9.17) is 10.3 Å². The average molecular weight is 312 g/mol. The predicted molar refractivity (Wildman–Crippen MR) is 81.0 cm³/mol. The van der Waals surface area contributed by atoms with Gasteiger partial charge in [0.05, 0.1) is 11.5 Å². The second-order valence-corrected chi connectivity index (χ2v) is 6.09. The summed E-state index contributed by atoms with van der Waals surface area (Å²) in [7, 11) is 0. The lowest BCUT2D eigenvalue weighted by Crippen LogP contribution is -2.46. The van der Waals surface area contributed by atoms with Crippen LogP contribution in [0, 0.1) is 6.92 Å². The maximum absolute atomic E-state index is 12.0. The van der Waals surface area contributed by atoms with Gasteiger partial charge in [0.2, 0.25) is 11.8 Å². The highest BCUT2D eigenvalue weighted by Gasteiger charge is 2.21. The van der Waals surface area contributed by atoms with E-state index >= 15 is 0 Å². The summed E-state index contributed by atoms with van der Waals surface area (Å²) in [6, 6.07) is 1.72. The van der Waals surface area contributed by atoms with Crippen LogP contribution in [0.15, 0.2) is 10.6 Å².